The fraction of sp³-hybridized carbons (Fsp3) is 0.769. The first-order chi connectivity index (χ1) is 7.85. The van der Waals surface area contributed by atoms with Crippen LogP contribution in [-0.4, -0.2) is 34.2 Å². The molecule has 0 aliphatic heterocycles. The second-order valence-corrected chi connectivity index (χ2v) is 4.81. The number of aromatic nitrogens is 2. The van der Waals surface area contributed by atoms with E-state index in [-0.39, 0.29) is 0 Å². The summed E-state index contributed by atoms with van der Waals surface area (Å²) >= 11 is 0. The molecule has 1 atom stereocenters. The zero-order valence-electron chi connectivity index (χ0n) is 10.5. The van der Waals surface area contributed by atoms with Gasteiger partial charge < -0.3 is 4.90 Å². The van der Waals surface area contributed by atoms with Crippen molar-refractivity contribution in [2.75, 3.05) is 13.1 Å². The van der Waals surface area contributed by atoms with Gasteiger partial charge in [0, 0.05) is 18.2 Å². The standard InChI is InChI=1S/C13H23N3/c1-3-7-16(8-4-2)12-6-5-11-10-14-15-13(11)9-12/h10,12H,3-9H2,1-2H3,(H,14,15)/t12-/m0/s1. The highest BCUT2D eigenvalue weighted by Gasteiger charge is 2.24. The van der Waals surface area contributed by atoms with Crippen molar-refractivity contribution < 1.29 is 0 Å². The van der Waals surface area contributed by atoms with Gasteiger partial charge in [0.2, 0.25) is 0 Å². The molecule has 0 bridgehead atoms. The quantitative estimate of drug-likeness (QED) is 0.828. The molecule has 0 saturated carbocycles. The molecule has 0 aromatic carbocycles. The van der Waals surface area contributed by atoms with Crippen LogP contribution in [0.5, 0.6) is 0 Å². The number of nitrogens with zero attached hydrogens (tertiary/aromatic N) is 2. The van der Waals surface area contributed by atoms with Gasteiger partial charge in [0.25, 0.3) is 0 Å². The number of hydrogen-bond donors (Lipinski definition) is 1. The molecular formula is C13H23N3. The maximum atomic E-state index is 4.15. The maximum absolute atomic E-state index is 4.15. The van der Waals surface area contributed by atoms with Gasteiger partial charge in [-0.2, -0.15) is 5.10 Å². The van der Waals surface area contributed by atoms with Crippen LogP contribution in [0.1, 0.15) is 44.4 Å². The first-order valence-corrected chi connectivity index (χ1v) is 6.60. The van der Waals surface area contributed by atoms with E-state index in [0.717, 1.165) is 12.5 Å². The van der Waals surface area contributed by atoms with Crippen LogP contribution in [0.3, 0.4) is 0 Å². The number of rotatable bonds is 5. The molecule has 0 spiro atoms. The molecule has 2 rings (SSSR count). The molecule has 1 aromatic rings. The zero-order chi connectivity index (χ0) is 11.4. The largest absolute Gasteiger partial charge is 0.300 e. The molecule has 1 aromatic heterocycles. The van der Waals surface area contributed by atoms with E-state index in [0.29, 0.717) is 0 Å². The summed E-state index contributed by atoms with van der Waals surface area (Å²) < 4.78 is 0. The molecule has 1 heterocycles. The van der Waals surface area contributed by atoms with E-state index in [1.807, 2.05) is 6.20 Å². The zero-order valence-corrected chi connectivity index (χ0v) is 10.5. The van der Waals surface area contributed by atoms with Crippen LogP contribution in [0.2, 0.25) is 0 Å². The number of aromatic amines is 1. The Morgan fingerprint density at radius 2 is 2.12 bits per heavy atom. The lowest BCUT2D eigenvalue weighted by Crippen LogP contribution is -2.40. The van der Waals surface area contributed by atoms with Crippen molar-refractivity contribution in [3.63, 3.8) is 0 Å². The summed E-state index contributed by atoms with van der Waals surface area (Å²) in [7, 11) is 0. The fourth-order valence-corrected chi connectivity index (χ4v) is 2.75. The molecule has 90 valence electrons. The van der Waals surface area contributed by atoms with Crippen LogP contribution in [0.25, 0.3) is 0 Å². The van der Waals surface area contributed by atoms with Crippen molar-refractivity contribution in [3.05, 3.63) is 17.5 Å². The minimum atomic E-state index is 0.729. The summed E-state index contributed by atoms with van der Waals surface area (Å²) in [6.45, 7) is 7.02. The van der Waals surface area contributed by atoms with Gasteiger partial charge in [-0.3, -0.25) is 5.10 Å². The Labute approximate surface area is 98.2 Å². The molecule has 3 heteroatoms. The van der Waals surface area contributed by atoms with Gasteiger partial charge >= 0.3 is 0 Å². The van der Waals surface area contributed by atoms with Gasteiger partial charge in [-0.25, -0.2) is 0 Å². The van der Waals surface area contributed by atoms with Gasteiger partial charge in [0.05, 0.1) is 6.20 Å². The summed E-state index contributed by atoms with van der Waals surface area (Å²) in [6, 6.07) is 0.729. The average molecular weight is 221 g/mol. The summed E-state index contributed by atoms with van der Waals surface area (Å²) in [5, 5.41) is 7.30. The second-order valence-electron chi connectivity index (χ2n) is 4.81. The average Bonchev–Trinajstić information content (AvgIpc) is 2.75. The van der Waals surface area contributed by atoms with Crippen molar-refractivity contribution >= 4 is 0 Å². The molecule has 0 fully saturated rings. The van der Waals surface area contributed by atoms with Crippen LogP contribution in [0, 0.1) is 0 Å². The number of nitrogens with one attached hydrogen (secondary N) is 1. The van der Waals surface area contributed by atoms with Crippen molar-refractivity contribution in [1.82, 2.24) is 15.1 Å². The monoisotopic (exact) mass is 221 g/mol. The predicted octanol–water partition coefficient (Wildman–Crippen LogP) is 2.39. The molecule has 3 nitrogen and oxygen atoms in total. The van der Waals surface area contributed by atoms with E-state index >= 15 is 0 Å². The number of aryl methyl sites for hydroxylation is 1. The van der Waals surface area contributed by atoms with E-state index in [1.54, 1.807) is 0 Å². The third-order valence-electron chi connectivity index (χ3n) is 3.53. The fourth-order valence-electron chi connectivity index (χ4n) is 2.75. The Hall–Kier alpha value is -0.830. The van der Waals surface area contributed by atoms with E-state index in [9.17, 15) is 0 Å². The summed E-state index contributed by atoms with van der Waals surface area (Å²) in [5.41, 5.74) is 2.80. The number of H-pyrrole nitrogens is 1. The lowest BCUT2D eigenvalue weighted by molar-refractivity contribution is 0.179. The molecule has 16 heavy (non-hydrogen) atoms. The molecule has 0 amide bonds. The topological polar surface area (TPSA) is 31.9 Å². The van der Waals surface area contributed by atoms with Gasteiger partial charge in [-0.1, -0.05) is 13.8 Å². The lowest BCUT2D eigenvalue weighted by atomic mass is 9.92. The highest BCUT2D eigenvalue weighted by atomic mass is 15.2. The Bertz CT molecular complexity index is 313. The van der Waals surface area contributed by atoms with E-state index in [1.165, 1.54) is 50.0 Å². The Morgan fingerprint density at radius 3 is 2.81 bits per heavy atom. The van der Waals surface area contributed by atoms with Crippen molar-refractivity contribution in [2.24, 2.45) is 0 Å². The van der Waals surface area contributed by atoms with Crippen molar-refractivity contribution in [2.45, 2.75) is 52.0 Å². The van der Waals surface area contributed by atoms with Gasteiger partial charge in [-0.05, 0) is 44.3 Å². The minimum Gasteiger partial charge on any atom is -0.300 e. The lowest BCUT2D eigenvalue weighted by Gasteiger charge is -2.33. The third kappa shape index (κ3) is 2.46. The third-order valence-corrected chi connectivity index (χ3v) is 3.53. The molecular weight excluding hydrogens is 198 g/mol. The summed E-state index contributed by atoms with van der Waals surface area (Å²) in [4.78, 5) is 2.66. The Balaban J connectivity index is 2.00. The van der Waals surface area contributed by atoms with Crippen LogP contribution < -0.4 is 0 Å². The first-order valence-electron chi connectivity index (χ1n) is 6.60. The van der Waals surface area contributed by atoms with Crippen molar-refractivity contribution in [1.29, 1.82) is 0 Å². The molecule has 1 N–H and O–H groups in total. The smallest absolute Gasteiger partial charge is 0.0522 e. The molecule has 1 aliphatic carbocycles. The van der Waals surface area contributed by atoms with Gasteiger partial charge in [0.1, 0.15) is 0 Å². The summed E-state index contributed by atoms with van der Waals surface area (Å²) in [5.74, 6) is 0. The van der Waals surface area contributed by atoms with E-state index < -0.39 is 0 Å². The number of hydrogen-bond acceptors (Lipinski definition) is 2. The van der Waals surface area contributed by atoms with Gasteiger partial charge in [0.15, 0.2) is 0 Å². The second kappa shape index (κ2) is 5.48. The minimum absolute atomic E-state index is 0.729. The van der Waals surface area contributed by atoms with Crippen LogP contribution in [0.15, 0.2) is 6.20 Å². The maximum Gasteiger partial charge on any atom is 0.0522 e. The van der Waals surface area contributed by atoms with E-state index in [4.69, 9.17) is 0 Å². The van der Waals surface area contributed by atoms with Crippen LogP contribution in [0.4, 0.5) is 0 Å². The molecule has 0 radical (unpaired) electrons. The molecule has 0 saturated heterocycles. The highest BCUT2D eigenvalue weighted by Crippen LogP contribution is 2.23. The first kappa shape index (κ1) is 11.6. The highest BCUT2D eigenvalue weighted by molar-refractivity contribution is 5.20. The number of fused-ring (bicyclic) bond motifs is 1. The van der Waals surface area contributed by atoms with Gasteiger partial charge in [-0.15, -0.1) is 0 Å². The SMILES string of the molecule is CCCN(CCC)[C@H]1CCc2cn[nH]c2C1. The molecule has 0 unspecified atom stereocenters. The summed E-state index contributed by atoms with van der Waals surface area (Å²) in [6.07, 6.45) is 8.16. The van der Waals surface area contributed by atoms with Crippen LogP contribution >= 0.6 is 0 Å². The van der Waals surface area contributed by atoms with Crippen molar-refractivity contribution in [3.8, 4) is 0 Å². The van der Waals surface area contributed by atoms with Crippen LogP contribution in [-0.2, 0) is 12.8 Å². The van der Waals surface area contributed by atoms with E-state index in [2.05, 4.69) is 28.9 Å². The Morgan fingerprint density at radius 1 is 1.38 bits per heavy atom. The Kier molecular flexibility index (Phi) is 3.99. The predicted molar refractivity (Wildman–Crippen MR) is 66.6 cm³/mol. The molecule has 1 aliphatic rings. The normalized spacial score (nSPS) is 20.1.